The van der Waals surface area contributed by atoms with Crippen molar-refractivity contribution in [3.63, 3.8) is 0 Å². The zero-order valence-electron chi connectivity index (χ0n) is 19.7. The first-order valence-corrected chi connectivity index (χ1v) is 12.3. The molecule has 34 heavy (non-hydrogen) atoms. The molecule has 0 aromatic heterocycles. The van der Waals surface area contributed by atoms with Gasteiger partial charge in [-0.15, -0.1) is 0 Å². The van der Waals surface area contributed by atoms with Crippen LogP contribution in [0.15, 0.2) is 47.4 Å². The van der Waals surface area contributed by atoms with Crippen molar-refractivity contribution in [2.45, 2.75) is 30.4 Å². The molecule has 0 radical (unpaired) electrons. The summed E-state index contributed by atoms with van der Waals surface area (Å²) in [5, 5.41) is 19.9. The van der Waals surface area contributed by atoms with Crippen LogP contribution in [0.25, 0.3) is 0 Å². The van der Waals surface area contributed by atoms with Crippen molar-refractivity contribution in [2.24, 2.45) is 5.41 Å². The van der Waals surface area contributed by atoms with Crippen LogP contribution in [0.1, 0.15) is 12.0 Å². The first-order valence-electron chi connectivity index (χ1n) is 10.9. The van der Waals surface area contributed by atoms with Crippen molar-refractivity contribution < 1.29 is 33.0 Å². The van der Waals surface area contributed by atoms with E-state index in [0.29, 0.717) is 25.2 Å². The number of sulfonamides is 1. The molecule has 1 fully saturated rings. The van der Waals surface area contributed by atoms with Crippen LogP contribution in [0, 0.1) is 12.3 Å². The van der Waals surface area contributed by atoms with Crippen LogP contribution in [-0.4, -0.2) is 97.7 Å². The summed E-state index contributed by atoms with van der Waals surface area (Å²) < 4.78 is 32.6. The van der Waals surface area contributed by atoms with Crippen LogP contribution in [0.2, 0.25) is 0 Å². The topological polar surface area (TPSA) is 128 Å². The number of benzene rings is 1. The van der Waals surface area contributed by atoms with Crippen molar-refractivity contribution in [2.75, 3.05) is 40.8 Å². The van der Waals surface area contributed by atoms with E-state index >= 15 is 0 Å². The average molecular weight is 494 g/mol. The van der Waals surface area contributed by atoms with E-state index < -0.39 is 33.6 Å². The van der Waals surface area contributed by atoms with Crippen molar-refractivity contribution in [3.8, 4) is 5.75 Å². The van der Waals surface area contributed by atoms with Gasteiger partial charge in [-0.2, -0.15) is 4.31 Å². The number of carbonyl (C=O) groups excluding carboxylic acids is 1. The number of carbonyl (C=O) groups is 2. The third-order valence-corrected chi connectivity index (χ3v) is 8.35. The zero-order valence-corrected chi connectivity index (χ0v) is 20.5. The van der Waals surface area contributed by atoms with Gasteiger partial charge in [0, 0.05) is 40.3 Å². The molecule has 0 spiro atoms. The number of hydrogen-bond donors (Lipinski definition) is 2. The molecule has 1 amide bonds. The van der Waals surface area contributed by atoms with E-state index in [2.05, 4.69) is 0 Å². The van der Waals surface area contributed by atoms with Crippen LogP contribution in [-0.2, 0) is 19.6 Å². The highest BCUT2D eigenvalue weighted by molar-refractivity contribution is 7.89. The van der Waals surface area contributed by atoms with E-state index in [-0.39, 0.29) is 23.1 Å². The standard InChI is InChI=1S/C23H31N3O7S/c1-16-8-9-18(13-19(16)27)34(31,32)25(4)17-14-26(15-17)12-11-23(21(28)29)10-6-5-7-20(23)33-22(30)24(2)3/h5-10,13,17,20,27H,11-12,14-15H2,1-4H3,(H,28,29). The second-order valence-corrected chi connectivity index (χ2v) is 10.9. The maximum absolute atomic E-state index is 12.9. The number of likely N-dealkylation sites (N-methyl/N-ethyl adjacent to an activating group) is 1. The molecule has 1 aromatic rings. The Labute approximate surface area is 199 Å². The largest absolute Gasteiger partial charge is 0.508 e. The Morgan fingerprint density at radius 3 is 2.47 bits per heavy atom. The van der Waals surface area contributed by atoms with Gasteiger partial charge in [0.25, 0.3) is 0 Å². The van der Waals surface area contributed by atoms with Gasteiger partial charge in [-0.1, -0.05) is 24.3 Å². The Hall–Kier alpha value is -2.89. The highest BCUT2D eigenvalue weighted by atomic mass is 32.2. The predicted molar refractivity (Wildman–Crippen MR) is 125 cm³/mol. The van der Waals surface area contributed by atoms with E-state index in [1.165, 1.54) is 42.5 Å². The SMILES string of the molecule is Cc1ccc(S(=O)(=O)N(C)C2CN(CCC3(C(=O)O)C=CC=CC3OC(=O)N(C)C)C2)cc1O. The highest BCUT2D eigenvalue weighted by Gasteiger charge is 2.47. The summed E-state index contributed by atoms with van der Waals surface area (Å²) in [4.78, 5) is 27.5. The molecule has 2 unspecified atom stereocenters. The van der Waals surface area contributed by atoms with Crippen molar-refractivity contribution in [1.29, 1.82) is 0 Å². The fourth-order valence-corrected chi connectivity index (χ4v) is 5.31. The summed E-state index contributed by atoms with van der Waals surface area (Å²) in [6, 6.07) is 3.98. The number of hydrogen-bond acceptors (Lipinski definition) is 7. The molecule has 3 rings (SSSR count). The number of aryl methyl sites for hydroxylation is 1. The number of nitrogens with zero attached hydrogens (tertiary/aromatic N) is 3. The van der Waals surface area contributed by atoms with Crippen LogP contribution in [0.4, 0.5) is 4.79 Å². The molecule has 1 saturated heterocycles. The van der Waals surface area contributed by atoms with Gasteiger partial charge in [0.05, 0.1) is 10.9 Å². The van der Waals surface area contributed by atoms with Gasteiger partial charge in [0.2, 0.25) is 10.0 Å². The van der Waals surface area contributed by atoms with Crippen molar-refractivity contribution in [3.05, 3.63) is 48.1 Å². The lowest BCUT2D eigenvalue weighted by atomic mass is 9.76. The predicted octanol–water partition coefficient (Wildman–Crippen LogP) is 1.66. The average Bonchev–Trinajstić information content (AvgIpc) is 2.74. The van der Waals surface area contributed by atoms with E-state index in [0.717, 1.165) is 0 Å². The van der Waals surface area contributed by atoms with Gasteiger partial charge in [-0.3, -0.25) is 9.69 Å². The molecule has 11 heteroatoms. The fraction of sp³-hybridized carbons (Fsp3) is 0.478. The maximum Gasteiger partial charge on any atom is 0.409 e. The lowest BCUT2D eigenvalue weighted by Gasteiger charge is -2.45. The first-order chi connectivity index (χ1) is 15.9. The molecule has 186 valence electrons. The quantitative estimate of drug-likeness (QED) is 0.560. The van der Waals surface area contributed by atoms with E-state index in [9.17, 15) is 28.2 Å². The molecule has 1 aliphatic carbocycles. The van der Waals surface area contributed by atoms with Gasteiger partial charge in [-0.25, -0.2) is 13.2 Å². The van der Waals surface area contributed by atoms with E-state index in [1.807, 2.05) is 4.90 Å². The van der Waals surface area contributed by atoms with Gasteiger partial charge in [0.1, 0.15) is 17.3 Å². The Morgan fingerprint density at radius 2 is 1.88 bits per heavy atom. The number of carboxylic acid groups (broad SMARTS) is 1. The number of carboxylic acids is 1. The second kappa shape index (κ2) is 9.77. The molecule has 0 saturated carbocycles. The second-order valence-electron chi connectivity index (χ2n) is 8.92. The molecular formula is C23H31N3O7S. The number of amides is 1. The van der Waals surface area contributed by atoms with Crippen LogP contribution in [0.3, 0.4) is 0 Å². The molecule has 2 atom stereocenters. The molecule has 10 nitrogen and oxygen atoms in total. The van der Waals surface area contributed by atoms with Crippen molar-refractivity contribution in [1.82, 2.24) is 14.1 Å². The fourth-order valence-electron chi connectivity index (χ4n) is 3.95. The summed E-state index contributed by atoms with van der Waals surface area (Å²) in [6.45, 7) is 2.94. The summed E-state index contributed by atoms with van der Waals surface area (Å²) in [6.07, 6.45) is 4.98. The Morgan fingerprint density at radius 1 is 1.21 bits per heavy atom. The van der Waals surface area contributed by atoms with Crippen LogP contribution >= 0.6 is 0 Å². The lowest BCUT2D eigenvalue weighted by molar-refractivity contribution is -0.151. The monoisotopic (exact) mass is 493 g/mol. The lowest BCUT2D eigenvalue weighted by Crippen LogP contribution is -2.60. The molecule has 2 N–H and O–H groups in total. The third kappa shape index (κ3) is 4.96. The number of ether oxygens (including phenoxy) is 1. The molecule has 0 bridgehead atoms. The number of phenols is 1. The highest BCUT2D eigenvalue weighted by Crippen LogP contribution is 2.36. The minimum atomic E-state index is -3.78. The number of rotatable bonds is 8. The number of phenolic OH excluding ortho intramolecular Hbond substituents is 1. The number of allylic oxidation sites excluding steroid dienone is 2. The Kier molecular flexibility index (Phi) is 7.39. The van der Waals surface area contributed by atoms with Gasteiger partial charge in [-0.05, 0) is 37.6 Å². The molecule has 1 heterocycles. The molecular weight excluding hydrogens is 462 g/mol. The molecule has 1 aliphatic heterocycles. The van der Waals surface area contributed by atoms with Gasteiger partial charge >= 0.3 is 12.1 Å². The van der Waals surface area contributed by atoms with E-state index in [1.54, 1.807) is 37.3 Å². The Balaban J connectivity index is 1.64. The van der Waals surface area contributed by atoms with Crippen LogP contribution < -0.4 is 0 Å². The normalized spacial score (nSPS) is 23.0. The van der Waals surface area contributed by atoms with Crippen molar-refractivity contribution >= 4 is 22.1 Å². The number of likely N-dealkylation sites (tertiary alicyclic amines) is 1. The third-order valence-electron chi connectivity index (χ3n) is 6.44. The first kappa shape index (κ1) is 25.7. The Bertz CT molecular complexity index is 1110. The number of aliphatic carboxylic acids is 1. The summed E-state index contributed by atoms with van der Waals surface area (Å²) >= 11 is 0. The van der Waals surface area contributed by atoms with Crippen LogP contribution in [0.5, 0.6) is 5.75 Å². The molecule has 1 aromatic carbocycles. The minimum Gasteiger partial charge on any atom is -0.508 e. The zero-order chi connectivity index (χ0) is 25.3. The maximum atomic E-state index is 12.9. The number of aromatic hydroxyl groups is 1. The molecule has 2 aliphatic rings. The minimum absolute atomic E-state index is 0.0195. The summed E-state index contributed by atoms with van der Waals surface area (Å²) in [7, 11) is 0.763. The smallest absolute Gasteiger partial charge is 0.409 e. The summed E-state index contributed by atoms with van der Waals surface area (Å²) in [5.41, 5.74) is -0.826. The van der Waals surface area contributed by atoms with Gasteiger partial charge in [0.15, 0.2) is 0 Å². The van der Waals surface area contributed by atoms with E-state index in [4.69, 9.17) is 4.74 Å². The van der Waals surface area contributed by atoms with Gasteiger partial charge < -0.3 is 19.8 Å². The summed E-state index contributed by atoms with van der Waals surface area (Å²) in [5.74, 6) is -1.18.